The second-order valence-corrected chi connectivity index (χ2v) is 5.82. The molecule has 2 aromatic carbocycles. The molecule has 2 aromatic rings. The zero-order valence-corrected chi connectivity index (χ0v) is 15.8. The van der Waals surface area contributed by atoms with E-state index >= 15 is 0 Å². The van der Waals surface area contributed by atoms with Gasteiger partial charge < -0.3 is 14.2 Å². The molecule has 2 amide bonds. The average Bonchev–Trinajstić information content (AvgIpc) is 2.70. The molecule has 0 bridgehead atoms. The maximum Gasteiger partial charge on any atom is 0.276 e. The molecule has 0 atom stereocenters. The molecule has 0 fully saturated rings. The van der Waals surface area contributed by atoms with Gasteiger partial charge in [0.2, 0.25) is 0 Å². The molecule has 2 N–H and O–H groups in total. The number of rotatable bonds is 9. The number of hydrogen-bond donors (Lipinski definition) is 2. The summed E-state index contributed by atoms with van der Waals surface area (Å²) in [4.78, 5) is 24.0. The van der Waals surface area contributed by atoms with Crippen LogP contribution in [0.4, 0.5) is 4.39 Å². The van der Waals surface area contributed by atoms with Crippen molar-refractivity contribution in [1.82, 2.24) is 10.9 Å². The first-order chi connectivity index (χ1) is 13.5. The Kier molecular flexibility index (Phi) is 8.08. The van der Waals surface area contributed by atoms with E-state index in [-0.39, 0.29) is 17.9 Å². The second kappa shape index (κ2) is 10.8. The van der Waals surface area contributed by atoms with Gasteiger partial charge in [-0.3, -0.25) is 20.4 Å². The quantitative estimate of drug-likeness (QED) is 0.508. The summed E-state index contributed by atoms with van der Waals surface area (Å²) < 4.78 is 29.1. The molecule has 150 valence electrons. The molecule has 0 radical (unpaired) electrons. The van der Waals surface area contributed by atoms with E-state index in [0.717, 1.165) is 18.9 Å². The van der Waals surface area contributed by atoms with Crippen molar-refractivity contribution in [3.8, 4) is 17.2 Å². The maximum absolute atomic E-state index is 13.1. The number of hydrazine groups is 1. The van der Waals surface area contributed by atoms with Gasteiger partial charge in [0.15, 0.2) is 18.1 Å². The third-order valence-electron chi connectivity index (χ3n) is 3.66. The lowest BCUT2D eigenvalue weighted by molar-refractivity contribution is -0.123. The van der Waals surface area contributed by atoms with Gasteiger partial charge in [0, 0.05) is 11.6 Å². The SMILES string of the molecule is CCCCOc1ccc(C(=O)NNC(=O)COc2cccc(F)c2)cc1OC. The van der Waals surface area contributed by atoms with Crippen LogP contribution >= 0.6 is 0 Å². The first-order valence-electron chi connectivity index (χ1n) is 8.82. The van der Waals surface area contributed by atoms with Crippen molar-refractivity contribution in [2.45, 2.75) is 19.8 Å². The highest BCUT2D eigenvalue weighted by molar-refractivity contribution is 5.96. The number of halogens is 1. The summed E-state index contributed by atoms with van der Waals surface area (Å²) in [5.74, 6) is -0.418. The lowest BCUT2D eigenvalue weighted by Gasteiger charge is -2.12. The molecule has 0 aliphatic heterocycles. The zero-order valence-electron chi connectivity index (χ0n) is 15.8. The Hall–Kier alpha value is -3.29. The molecule has 0 unspecified atom stereocenters. The largest absolute Gasteiger partial charge is 0.493 e. The van der Waals surface area contributed by atoms with Crippen molar-refractivity contribution < 1.29 is 28.2 Å². The topological polar surface area (TPSA) is 85.9 Å². The predicted octanol–water partition coefficient (Wildman–Crippen LogP) is 2.85. The molecule has 0 saturated carbocycles. The van der Waals surface area contributed by atoms with Gasteiger partial charge in [0.05, 0.1) is 13.7 Å². The van der Waals surface area contributed by atoms with Gasteiger partial charge in [0.25, 0.3) is 11.8 Å². The number of unbranched alkanes of at least 4 members (excludes halogenated alkanes) is 1. The van der Waals surface area contributed by atoms with E-state index in [2.05, 4.69) is 17.8 Å². The van der Waals surface area contributed by atoms with Gasteiger partial charge in [-0.1, -0.05) is 19.4 Å². The van der Waals surface area contributed by atoms with Crippen LogP contribution in [0.3, 0.4) is 0 Å². The minimum Gasteiger partial charge on any atom is -0.493 e. The number of methoxy groups -OCH3 is 1. The van der Waals surface area contributed by atoms with E-state index in [0.29, 0.717) is 18.1 Å². The molecule has 2 rings (SSSR count). The van der Waals surface area contributed by atoms with Gasteiger partial charge in [0.1, 0.15) is 11.6 Å². The lowest BCUT2D eigenvalue weighted by Crippen LogP contribution is -2.43. The van der Waals surface area contributed by atoms with Gasteiger partial charge in [-0.25, -0.2) is 4.39 Å². The Morgan fingerprint density at radius 3 is 2.57 bits per heavy atom. The summed E-state index contributed by atoms with van der Waals surface area (Å²) in [7, 11) is 1.48. The van der Waals surface area contributed by atoms with Crippen LogP contribution in [0.5, 0.6) is 17.2 Å². The predicted molar refractivity (Wildman–Crippen MR) is 101 cm³/mol. The molecule has 8 heteroatoms. The molecule has 0 spiro atoms. The molecule has 0 saturated heterocycles. The maximum atomic E-state index is 13.1. The fourth-order valence-electron chi connectivity index (χ4n) is 2.19. The monoisotopic (exact) mass is 390 g/mol. The van der Waals surface area contributed by atoms with E-state index in [1.807, 2.05) is 0 Å². The van der Waals surface area contributed by atoms with Crippen LogP contribution in [0.1, 0.15) is 30.1 Å². The number of amides is 2. The van der Waals surface area contributed by atoms with Crippen molar-refractivity contribution in [3.05, 3.63) is 53.8 Å². The summed E-state index contributed by atoms with van der Waals surface area (Å²) in [5.41, 5.74) is 4.79. The molecule has 0 aliphatic carbocycles. The first kappa shape index (κ1) is 21.0. The van der Waals surface area contributed by atoms with Crippen LogP contribution in [0, 0.1) is 5.82 Å². The molecular weight excluding hydrogens is 367 g/mol. The third kappa shape index (κ3) is 6.46. The molecule has 0 heterocycles. The van der Waals surface area contributed by atoms with Crippen LogP contribution < -0.4 is 25.1 Å². The van der Waals surface area contributed by atoms with E-state index in [9.17, 15) is 14.0 Å². The summed E-state index contributed by atoms with van der Waals surface area (Å²) >= 11 is 0. The van der Waals surface area contributed by atoms with Crippen molar-refractivity contribution >= 4 is 11.8 Å². The number of carbonyl (C=O) groups is 2. The van der Waals surface area contributed by atoms with E-state index in [1.54, 1.807) is 12.1 Å². The molecule has 7 nitrogen and oxygen atoms in total. The Morgan fingerprint density at radius 1 is 1.04 bits per heavy atom. The summed E-state index contributed by atoms with van der Waals surface area (Å²) in [6.45, 7) is 2.24. The average molecular weight is 390 g/mol. The standard InChI is InChI=1S/C20H23FN2O5/c1-3-4-10-27-17-9-8-14(11-18(17)26-2)20(25)23-22-19(24)13-28-16-7-5-6-15(21)12-16/h5-9,11-12H,3-4,10,13H2,1-2H3,(H,22,24)(H,23,25). The van der Waals surface area contributed by atoms with Crippen molar-refractivity contribution in [1.29, 1.82) is 0 Å². The normalized spacial score (nSPS) is 10.1. The fourth-order valence-corrected chi connectivity index (χ4v) is 2.19. The lowest BCUT2D eigenvalue weighted by atomic mass is 10.2. The number of nitrogens with one attached hydrogen (secondary N) is 2. The highest BCUT2D eigenvalue weighted by atomic mass is 19.1. The van der Waals surface area contributed by atoms with Crippen molar-refractivity contribution in [3.63, 3.8) is 0 Å². The fraction of sp³-hybridized carbons (Fsp3) is 0.300. The summed E-state index contributed by atoms with van der Waals surface area (Å²) in [6, 6.07) is 10.1. The highest BCUT2D eigenvalue weighted by Crippen LogP contribution is 2.28. The smallest absolute Gasteiger partial charge is 0.276 e. The number of ether oxygens (including phenoxy) is 3. The Balaban J connectivity index is 1.85. The third-order valence-corrected chi connectivity index (χ3v) is 3.66. The minimum absolute atomic E-state index is 0.213. The Morgan fingerprint density at radius 2 is 1.86 bits per heavy atom. The van der Waals surface area contributed by atoms with E-state index < -0.39 is 17.6 Å². The summed E-state index contributed by atoms with van der Waals surface area (Å²) in [6.07, 6.45) is 1.92. The van der Waals surface area contributed by atoms with Crippen LogP contribution in [-0.2, 0) is 4.79 Å². The molecule has 0 aliphatic rings. The van der Waals surface area contributed by atoms with Crippen molar-refractivity contribution in [2.24, 2.45) is 0 Å². The van der Waals surface area contributed by atoms with Crippen LogP contribution in [0.15, 0.2) is 42.5 Å². The first-order valence-corrected chi connectivity index (χ1v) is 8.82. The van der Waals surface area contributed by atoms with Gasteiger partial charge in [-0.2, -0.15) is 0 Å². The molecule has 0 aromatic heterocycles. The number of benzene rings is 2. The number of hydrogen-bond acceptors (Lipinski definition) is 5. The molecule has 28 heavy (non-hydrogen) atoms. The van der Waals surface area contributed by atoms with Crippen LogP contribution in [-0.4, -0.2) is 32.1 Å². The van der Waals surface area contributed by atoms with Crippen LogP contribution in [0.25, 0.3) is 0 Å². The van der Waals surface area contributed by atoms with E-state index in [4.69, 9.17) is 14.2 Å². The van der Waals surface area contributed by atoms with E-state index in [1.165, 1.54) is 31.4 Å². The zero-order chi connectivity index (χ0) is 20.4. The van der Waals surface area contributed by atoms with Gasteiger partial charge in [-0.05, 0) is 36.8 Å². The van der Waals surface area contributed by atoms with Crippen molar-refractivity contribution in [2.75, 3.05) is 20.3 Å². The Labute approximate surface area is 162 Å². The highest BCUT2D eigenvalue weighted by Gasteiger charge is 2.12. The molecular formula is C20H23FN2O5. The number of carbonyl (C=O) groups excluding carboxylic acids is 2. The van der Waals surface area contributed by atoms with Crippen LogP contribution in [0.2, 0.25) is 0 Å². The van der Waals surface area contributed by atoms with Gasteiger partial charge in [-0.15, -0.1) is 0 Å². The summed E-state index contributed by atoms with van der Waals surface area (Å²) in [5, 5.41) is 0. The van der Waals surface area contributed by atoms with Gasteiger partial charge >= 0.3 is 0 Å². The Bertz CT molecular complexity index is 813. The second-order valence-electron chi connectivity index (χ2n) is 5.82. The minimum atomic E-state index is -0.593.